The summed E-state index contributed by atoms with van der Waals surface area (Å²) in [5.74, 6) is -0.854. The third kappa shape index (κ3) is 66.1. The quantitative estimate of drug-likeness (QED) is 0.0261. The van der Waals surface area contributed by atoms with Gasteiger partial charge in [-0.2, -0.15) is 0 Å². The van der Waals surface area contributed by atoms with Gasteiger partial charge in [0.2, 0.25) is 0 Å². The maximum absolute atomic E-state index is 13.0. The van der Waals surface area contributed by atoms with Gasteiger partial charge in [-0.3, -0.25) is 14.4 Å². The predicted molar refractivity (Wildman–Crippen MR) is 344 cm³/mol. The molecule has 1 unspecified atom stereocenters. The van der Waals surface area contributed by atoms with Crippen LogP contribution in [0.15, 0.2) is 48.6 Å². The van der Waals surface area contributed by atoms with Crippen LogP contribution in [0, 0.1) is 0 Å². The summed E-state index contributed by atoms with van der Waals surface area (Å²) in [6.45, 7) is 6.59. The Morgan fingerprint density at radius 1 is 0.266 bits per heavy atom. The zero-order chi connectivity index (χ0) is 57.1. The minimum atomic E-state index is -0.776. The number of carbonyl (C=O) groups is 3. The van der Waals surface area contributed by atoms with E-state index in [1.54, 1.807) is 0 Å². The molecule has 0 aliphatic heterocycles. The lowest BCUT2D eigenvalue weighted by Crippen LogP contribution is -2.30. The summed E-state index contributed by atoms with van der Waals surface area (Å²) in [5.41, 5.74) is 0. The van der Waals surface area contributed by atoms with Crippen molar-refractivity contribution in [3.05, 3.63) is 48.6 Å². The van der Waals surface area contributed by atoms with Crippen LogP contribution < -0.4 is 0 Å². The van der Waals surface area contributed by atoms with Crippen molar-refractivity contribution in [1.29, 1.82) is 0 Å². The number of carbonyl (C=O) groups excluding carboxylic acids is 3. The van der Waals surface area contributed by atoms with E-state index in [4.69, 9.17) is 14.2 Å². The van der Waals surface area contributed by atoms with Crippen LogP contribution >= 0.6 is 0 Å². The SMILES string of the molecule is CC/C=C\C/C=C\C/C=C\CCCCCCCCCC(=O)OCC(COC(=O)CCCCCCCCCCCCCCC/C=C\CCCCCCCCCC)OC(=O)CCCCCCCCCCCCCCCCCCCCC. The Morgan fingerprint density at radius 2 is 0.494 bits per heavy atom. The zero-order valence-electron chi connectivity index (χ0n) is 53.2. The lowest BCUT2D eigenvalue weighted by atomic mass is 10.0. The maximum Gasteiger partial charge on any atom is 0.306 e. The molecule has 0 rings (SSSR count). The molecule has 79 heavy (non-hydrogen) atoms. The van der Waals surface area contributed by atoms with E-state index >= 15 is 0 Å². The second-order valence-corrected chi connectivity index (χ2v) is 23.8. The van der Waals surface area contributed by atoms with Crippen LogP contribution in [0.2, 0.25) is 0 Å². The predicted octanol–water partition coefficient (Wildman–Crippen LogP) is 24.1. The second-order valence-electron chi connectivity index (χ2n) is 23.8. The van der Waals surface area contributed by atoms with E-state index in [1.807, 2.05) is 0 Å². The topological polar surface area (TPSA) is 78.9 Å². The average Bonchev–Trinajstić information content (AvgIpc) is 3.45. The Hall–Kier alpha value is -2.63. The number of rotatable bonds is 65. The fourth-order valence-electron chi connectivity index (χ4n) is 10.6. The van der Waals surface area contributed by atoms with Crippen molar-refractivity contribution < 1.29 is 28.6 Å². The Labute approximate surface area is 492 Å². The minimum absolute atomic E-state index is 0.0718. The molecule has 0 amide bonds. The van der Waals surface area contributed by atoms with E-state index in [-0.39, 0.29) is 31.1 Å². The number of hydrogen-bond donors (Lipinski definition) is 0. The average molecular weight is 1110 g/mol. The summed E-state index contributed by atoms with van der Waals surface area (Å²) < 4.78 is 17.0. The standard InChI is InChI=1S/C73H134O6/c1-4-7-10-13-16-19-22-25-28-31-33-34-35-36-37-38-40-42-45-48-51-54-57-60-63-66-72(75)78-69-70(68-77-71(74)65-62-59-56-53-50-47-44-41-30-27-24-21-18-15-12-9-6-3)79-73(76)67-64-61-58-55-52-49-46-43-39-32-29-26-23-20-17-14-11-8-5-2/h9,12,18,21,27,30-31,33,70H,4-8,10-11,13-17,19-20,22-26,28-29,32,34-69H2,1-3H3/b12-9-,21-18-,30-27-,33-31-. The molecule has 0 aliphatic carbocycles. The molecular weight excluding hydrogens is 973 g/mol. The largest absolute Gasteiger partial charge is 0.462 e. The van der Waals surface area contributed by atoms with Crippen LogP contribution in [0.25, 0.3) is 0 Å². The smallest absolute Gasteiger partial charge is 0.306 e. The number of esters is 3. The Morgan fingerprint density at radius 3 is 0.785 bits per heavy atom. The summed E-state index contributed by atoms with van der Waals surface area (Å²) in [4.78, 5) is 38.5. The Kier molecular flexibility index (Phi) is 65.6. The van der Waals surface area contributed by atoms with E-state index in [1.165, 1.54) is 257 Å². The molecule has 1 atom stereocenters. The number of ether oxygens (including phenoxy) is 3. The molecule has 0 saturated heterocycles. The highest BCUT2D eigenvalue weighted by Gasteiger charge is 2.19. The van der Waals surface area contributed by atoms with Gasteiger partial charge < -0.3 is 14.2 Å². The van der Waals surface area contributed by atoms with Gasteiger partial charge in [-0.25, -0.2) is 0 Å². The highest BCUT2D eigenvalue weighted by Crippen LogP contribution is 2.18. The van der Waals surface area contributed by atoms with Gasteiger partial charge in [-0.15, -0.1) is 0 Å². The maximum atomic E-state index is 13.0. The summed E-state index contributed by atoms with van der Waals surface area (Å²) in [6, 6.07) is 0. The van der Waals surface area contributed by atoms with Gasteiger partial charge in [0.15, 0.2) is 6.10 Å². The molecule has 0 spiro atoms. The van der Waals surface area contributed by atoms with Gasteiger partial charge >= 0.3 is 17.9 Å². The van der Waals surface area contributed by atoms with Crippen molar-refractivity contribution in [1.82, 2.24) is 0 Å². The lowest BCUT2D eigenvalue weighted by Gasteiger charge is -2.18. The normalized spacial score (nSPS) is 12.3. The highest BCUT2D eigenvalue weighted by atomic mass is 16.6. The van der Waals surface area contributed by atoms with Crippen molar-refractivity contribution in [3.8, 4) is 0 Å². The van der Waals surface area contributed by atoms with Gasteiger partial charge in [0, 0.05) is 19.3 Å². The van der Waals surface area contributed by atoms with Crippen molar-refractivity contribution in [3.63, 3.8) is 0 Å². The molecular formula is C73H134O6. The van der Waals surface area contributed by atoms with Crippen molar-refractivity contribution in [2.45, 2.75) is 386 Å². The van der Waals surface area contributed by atoms with Gasteiger partial charge in [-0.05, 0) is 77.0 Å². The molecule has 6 nitrogen and oxygen atoms in total. The first-order chi connectivity index (χ1) is 39.0. The molecule has 6 heteroatoms. The second kappa shape index (κ2) is 67.9. The van der Waals surface area contributed by atoms with Gasteiger partial charge in [-0.1, -0.05) is 333 Å². The molecule has 0 aromatic rings. The molecule has 0 fully saturated rings. The molecule has 0 bridgehead atoms. The molecule has 0 saturated carbocycles. The van der Waals surface area contributed by atoms with E-state index in [0.29, 0.717) is 19.3 Å². The minimum Gasteiger partial charge on any atom is -0.462 e. The summed E-state index contributed by atoms with van der Waals surface area (Å²) >= 11 is 0. The van der Waals surface area contributed by atoms with Crippen molar-refractivity contribution in [2.75, 3.05) is 13.2 Å². The third-order valence-electron chi connectivity index (χ3n) is 15.8. The van der Waals surface area contributed by atoms with E-state index in [9.17, 15) is 14.4 Å². The fraction of sp³-hybridized carbons (Fsp3) is 0.849. The van der Waals surface area contributed by atoms with Crippen LogP contribution in [0.1, 0.15) is 380 Å². The summed E-state index contributed by atoms with van der Waals surface area (Å²) in [7, 11) is 0. The molecule has 0 heterocycles. The highest BCUT2D eigenvalue weighted by molar-refractivity contribution is 5.71. The lowest BCUT2D eigenvalue weighted by molar-refractivity contribution is -0.167. The van der Waals surface area contributed by atoms with E-state index in [0.717, 1.165) is 83.5 Å². The summed E-state index contributed by atoms with van der Waals surface area (Å²) in [5, 5.41) is 0. The van der Waals surface area contributed by atoms with Gasteiger partial charge in [0.05, 0.1) is 0 Å². The first-order valence-electron chi connectivity index (χ1n) is 35.1. The van der Waals surface area contributed by atoms with Crippen molar-refractivity contribution in [2.24, 2.45) is 0 Å². The number of allylic oxidation sites excluding steroid dienone is 8. The van der Waals surface area contributed by atoms with Crippen LogP contribution in [0.5, 0.6) is 0 Å². The first kappa shape index (κ1) is 76.4. The molecule has 0 radical (unpaired) electrons. The molecule has 0 aromatic heterocycles. The van der Waals surface area contributed by atoms with Gasteiger partial charge in [0.25, 0.3) is 0 Å². The fourth-order valence-corrected chi connectivity index (χ4v) is 10.6. The third-order valence-corrected chi connectivity index (χ3v) is 15.8. The molecule has 0 aromatic carbocycles. The van der Waals surface area contributed by atoms with Crippen LogP contribution in [-0.2, 0) is 28.6 Å². The van der Waals surface area contributed by atoms with Gasteiger partial charge in [0.1, 0.15) is 13.2 Å². The number of hydrogen-bond acceptors (Lipinski definition) is 6. The first-order valence-corrected chi connectivity index (χ1v) is 35.1. The van der Waals surface area contributed by atoms with Crippen LogP contribution in [0.3, 0.4) is 0 Å². The van der Waals surface area contributed by atoms with Crippen LogP contribution in [-0.4, -0.2) is 37.2 Å². The molecule has 0 aliphatic rings. The monoisotopic (exact) mass is 1110 g/mol. The number of unbranched alkanes of at least 4 members (excludes halogenated alkanes) is 46. The Bertz CT molecular complexity index is 1360. The van der Waals surface area contributed by atoms with E-state index < -0.39 is 6.10 Å². The Balaban J connectivity index is 4.29. The zero-order valence-corrected chi connectivity index (χ0v) is 53.2. The summed E-state index contributed by atoms with van der Waals surface area (Å²) in [6.07, 6.45) is 85.6. The molecule has 0 N–H and O–H groups in total. The van der Waals surface area contributed by atoms with E-state index in [2.05, 4.69) is 69.4 Å². The van der Waals surface area contributed by atoms with Crippen LogP contribution in [0.4, 0.5) is 0 Å². The molecule has 462 valence electrons. The van der Waals surface area contributed by atoms with Crippen molar-refractivity contribution >= 4 is 17.9 Å².